The molecule has 3 heteroatoms. The van der Waals surface area contributed by atoms with Gasteiger partial charge in [0.25, 0.3) is 0 Å². The van der Waals surface area contributed by atoms with Gasteiger partial charge < -0.3 is 0 Å². The SMILES string of the molecule is CN(Cc1cc(F)cc(C#N)c1)C1CCCCC1. The summed E-state index contributed by atoms with van der Waals surface area (Å²) < 4.78 is 13.3. The van der Waals surface area contributed by atoms with E-state index in [1.165, 1.54) is 44.2 Å². The summed E-state index contributed by atoms with van der Waals surface area (Å²) in [4.78, 5) is 2.29. The van der Waals surface area contributed by atoms with Gasteiger partial charge in [-0.25, -0.2) is 4.39 Å². The predicted molar refractivity (Wildman–Crippen MR) is 69.5 cm³/mol. The average molecular weight is 246 g/mol. The summed E-state index contributed by atoms with van der Waals surface area (Å²) in [7, 11) is 2.09. The lowest BCUT2D eigenvalue weighted by molar-refractivity contribution is 0.184. The Bertz CT molecular complexity index is 444. The Morgan fingerprint density at radius 3 is 2.67 bits per heavy atom. The highest BCUT2D eigenvalue weighted by molar-refractivity contribution is 5.33. The van der Waals surface area contributed by atoms with Crippen LogP contribution in [-0.2, 0) is 6.54 Å². The molecule has 1 fully saturated rings. The summed E-state index contributed by atoms with van der Waals surface area (Å²) >= 11 is 0. The summed E-state index contributed by atoms with van der Waals surface area (Å²) in [5, 5.41) is 8.84. The van der Waals surface area contributed by atoms with Crippen LogP contribution in [0.2, 0.25) is 0 Å². The first-order valence-corrected chi connectivity index (χ1v) is 6.59. The molecule has 18 heavy (non-hydrogen) atoms. The van der Waals surface area contributed by atoms with E-state index in [4.69, 9.17) is 5.26 Å². The average Bonchev–Trinajstić information content (AvgIpc) is 2.39. The van der Waals surface area contributed by atoms with Crippen molar-refractivity contribution in [3.8, 4) is 6.07 Å². The van der Waals surface area contributed by atoms with E-state index >= 15 is 0 Å². The van der Waals surface area contributed by atoms with Gasteiger partial charge in [-0.3, -0.25) is 4.90 Å². The van der Waals surface area contributed by atoms with Crippen LogP contribution in [-0.4, -0.2) is 18.0 Å². The number of nitrogens with zero attached hydrogens (tertiary/aromatic N) is 2. The highest BCUT2D eigenvalue weighted by atomic mass is 19.1. The Balaban J connectivity index is 2.04. The number of halogens is 1. The van der Waals surface area contributed by atoms with Crippen molar-refractivity contribution in [2.45, 2.75) is 44.7 Å². The molecule has 0 saturated heterocycles. The van der Waals surface area contributed by atoms with Crippen molar-refractivity contribution in [3.63, 3.8) is 0 Å². The second-order valence-electron chi connectivity index (χ2n) is 5.17. The van der Waals surface area contributed by atoms with Crippen molar-refractivity contribution in [1.29, 1.82) is 5.26 Å². The molecule has 1 saturated carbocycles. The fourth-order valence-corrected chi connectivity index (χ4v) is 2.75. The molecular weight excluding hydrogens is 227 g/mol. The minimum absolute atomic E-state index is 0.318. The summed E-state index contributed by atoms with van der Waals surface area (Å²) in [6.45, 7) is 0.719. The molecule has 0 aromatic heterocycles. The molecule has 0 aliphatic heterocycles. The van der Waals surface area contributed by atoms with Crippen molar-refractivity contribution < 1.29 is 4.39 Å². The normalized spacial score (nSPS) is 16.8. The highest BCUT2D eigenvalue weighted by Gasteiger charge is 2.18. The zero-order valence-corrected chi connectivity index (χ0v) is 10.8. The van der Waals surface area contributed by atoms with Gasteiger partial charge in [-0.05, 0) is 43.7 Å². The molecule has 0 atom stereocenters. The van der Waals surface area contributed by atoms with Crippen LogP contribution in [0.1, 0.15) is 43.2 Å². The zero-order valence-electron chi connectivity index (χ0n) is 10.8. The third-order valence-corrected chi connectivity index (χ3v) is 3.72. The Kier molecular flexibility index (Phi) is 4.33. The van der Waals surface area contributed by atoms with Gasteiger partial charge >= 0.3 is 0 Å². The van der Waals surface area contributed by atoms with Crippen LogP contribution < -0.4 is 0 Å². The maximum atomic E-state index is 13.3. The van der Waals surface area contributed by atoms with E-state index in [2.05, 4.69) is 11.9 Å². The van der Waals surface area contributed by atoms with E-state index in [1.54, 1.807) is 6.07 Å². The lowest BCUT2D eigenvalue weighted by Crippen LogP contribution is -2.32. The molecule has 1 aliphatic carbocycles. The maximum absolute atomic E-state index is 13.3. The van der Waals surface area contributed by atoms with Gasteiger partial charge in [0.2, 0.25) is 0 Å². The summed E-state index contributed by atoms with van der Waals surface area (Å²) in [6.07, 6.45) is 6.39. The molecule has 0 bridgehead atoms. The molecule has 1 aliphatic rings. The van der Waals surface area contributed by atoms with Crippen LogP contribution in [0.3, 0.4) is 0 Å². The molecule has 1 aromatic rings. The van der Waals surface area contributed by atoms with Gasteiger partial charge in [0, 0.05) is 12.6 Å². The molecule has 0 radical (unpaired) electrons. The second kappa shape index (κ2) is 5.97. The van der Waals surface area contributed by atoms with Crippen LogP contribution in [0.5, 0.6) is 0 Å². The Morgan fingerprint density at radius 1 is 1.28 bits per heavy atom. The zero-order chi connectivity index (χ0) is 13.0. The fraction of sp³-hybridized carbons (Fsp3) is 0.533. The Labute approximate surface area is 108 Å². The topological polar surface area (TPSA) is 27.0 Å². The minimum atomic E-state index is -0.318. The Morgan fingerprint density at radius 2 is 2.00 bits per heavy atom. The largest absolute Gasteiger partial charge is 0.299 e. The van der Waals surface area contributed by atoms with Crippen LogP contribution >= 0.6 is 0 Å². The molecule has 0 amide bonds. The molecular formula is C15H19FN2. The van der Waals surface area contributed by atoms with Crippen molar-refractivity contribution in [3.05, 3.63) is 35.1 Å². The number of benzene rings is 1. The van der Waals surface area contributed by atoms with E-state index in [1.807, 2.05) is 6.07 Å². The Hall–Kier alpha value is -1.40. The third kappa shape index (κ3) is 3.30. The first-order valence-electron chi connectivity index (χ1n) is 6.59. The van der Waals surface area contributed by atoms with Crippen LogP contribution in [0.15, 0.2) is 18.2 Å². The van der Waals surface area contributed by atoms with Gasteiger partial charge in [0.05, 0.1) is 11.6 Å². The summed E-state index contributed by atoms with van der Waals surface area (Å²) in [5.74, 6) is -0.318. The smallest absolute Gasteiger partial charge is 0.124 e. The molecule has 0 spiro atoms. The number of rotatable bonds is 3. The number of hydrogen-bond acceptors (Lipinski definition) is 2. The second-order valence-corrected chi connectivity index (χ2v) is 5.17. The standard InChI is InChI=1S/C15H19FN2/c1-18(15-5-3-2-4-6-15)11-13-7-12(10-17)8-14(16)9-13/h7-9,15H,2-6,11H2,1H3. The van der Waals surface area contributed by atoms with E-state index in [9.17, 15) is 4.39 Å². The first-order chi connectivity index (χ1) is 8.69. The molecule has 0 heterocycles. The number of hydrogen-bond donors (Lipinski definition) is 0. The van der Waals surface area contributed by atoms with Crippen LogP contribution in [0.25, 0.3) is 0 Å². The van der Waals surface area contributed by atoms with E-state index in [0.717, 1.165) is 12.1 Å². The monoisotopic (exact) mass is 246 g/mol. The summed E-state index contributed by atoms with van der Waals surface area (Å²) in [6, 6.07) is 7.20. The van der Waals surface area contributed by atoms with E-state index in [-0.39, 0.29) is 5.82 Å². The van der Waals surface area contributed by atoms with Crippen LogP contribution in [0, 0.1) is 17.1 Å². The van der Waals surface area contributed by atoms with Crippen molar-refractivity contribution >= 4 is 0 Å². The van der Waals surface area contributed by atoms with E-state index < -0.39 is 0 Å². The van der Waals surface area contributed by atoms with Gasteiger partial charge in [0.1, 0.15) is 5.82 Å². The molecule has 96 valence electrons. The van der Waals surface area contributed by atoms with Crippen LogP contribution in [0.4, 0.5) is 4.39 Å². The van der Waals surface area contributed by atoms with Gasteiger partial charge in [-0.1, -0.05) is 19.3 Å². The van der Waals surface area contributed by atoms with Crippen molar-refractivity contribution in [2.24, 2.45) is 0 Å². The van der Waals surface area contributed by atoms with Gasteiger partial charge in [-0.2, -0.15) is 5.26 Å². The number of nitriles is 1. The quantitative estimate of drug-likeness (QED) is 0.816. The van der Waals surface area contributed by atoms with Crippen molar-refractivity contribution in [1.82, 2.24) is 4.90 Å². The maximum Gasteiger partial charge on any atom is 0.124 e. The van der Waals surface area contributed by atoms with Gasteiger partial charge in [0.15, 0.2) is 0 Å². The van der Waals surface area contributed by atoms with Gasteiger partial charge in [-0.15, -0.1) is 0 Å². The molecule has 2 nitrogen and oxygen atoms in total. The molecule has 1 aromatic carbocycles. The molecule has 2 rings (SSSR count). The van der Waals surface area contributed by atoms with Crippen molar-refractivity contribution in [2.75, 3.05) is 7.05 Å². The minimum Gasteiger partial charge on any atom is -0.299 e. The molecule has 0 unspecified atom stereocenters. The fourth-order valence-electron chi connectivity index (χ4n) is 2.75. The lowest BCUT2D eigenvalue weighted by atomic mass is 9.94. The van der Waals surface area contributed by atoms with E-state index in [0.29, 0.717) is 11.6 Å². The highest BCUT2D eigenvalue weighted by Crippen LogP contribution is 2.23. The third-order valence-electron chi connectivity index (χ3n) is 3.72. The predicted octanol–water partition coefficient (Wildman–Crippen LogP) is 3.46. The first kappa shape index (κ1) is 13.0. The lowest BCUT2D eigenvalue weighted by Gasteiger charge is -2.31. The summed E-state index contributed by atoms with van der Waals surface area (Å²) in [5.41, 5.74) is 1.29. The molecule has 0 N–H and O–H groups in total.